The van der Waals surface area contributed by atoms with Crippen LogP contribution in [0.25, 0.3) is 0 Å². The Morgan fingerprint density at radius 2 is 1.62 bits per heavy atom. The second-order valence-electron chi connectivity index (χ2n) is 6.67. The van der Waals surface area contributed by atoms with E-state index >= 15 is 0 Å². The Morgan fingerprint density at radius 3 is 2.28 bits per heavy atom. The van der Waals surface area contributed by atoms with E-state index in [-0.39, 0.29) is 24.9 Å². The fourth-order valence-corrected chi connectivity index (χ4v) is 2.84. The smallest absolute Gasteiger partial charge is 0.281 e. The molecule has 0 fully saturated rings. The molecule has 2 aromatic rings. The molecule has 0 aliphatic rings. The molecular weight excluding hydrogens is 370 g/mol. The Hall–Kier alpha value is -3.06. The highest BCUT2D eigenvalue weighted by atomic mass is 16.5. The number of ether oxygens (including phenoxy) is 2. The SMILES string of the molecule is CCOc1ccc(NC(=O)C[NH+](C)CC(=O)N(C)c2ccccc2)cc1OCC. The van der Waals surface area contributed by atoms with Crippen LogP contribution in [-0.4, -0.2) is 52.2 Å². The molecule has 29 heavy (non-hydrogen) atoms. The summed E-state index contributed by atoms with van der Waals surface area (Å²) in [4.78, 5) is 27.2. The summed E-state index contributed by atoms with van der Waals surface area (Å²) in [5.74, 6) is 1.00. The van der Waals surface area contributed by atoms with Crippen LogP contribution in [0.2, 0.25) is 0 Å². The van der Waals surface area contributed by atoms with Gasteiger partial charge in [-0.05, 0) is 38.1 Å². The van der Waals surface area contributed by atoms with Gasteiger partial charge in [-0.1, -0.05) is 18.2 Å². The van der Waals surface area contributed by atoms with Crippen LogP contribution in [-0.2, 0) is 9.59 Å². The number of para-hydroxylation sites is 1. The first-order chi connectivity index (χ1) is 13.9. The molecule has 0 saturated heterocycles. The number of amides is 2. The molecule has 156 valence electrons. The molecule has 2 amide bonds. The third-order valence-corrected chi connectivity index (χ3v) is 4.26. The van der Waals surface area contributed by atoms with Crippen molar-refractivity contribution in [2.45, 2.75) is 13.8 Å². The van der Waals surface area contributed by atoms with Gasteiger partial charge in [0.25, 0.3) is 11.8 Å². The minimum absolute atomic E-state index is 0.0544. The number of rotatable bonds is 10. The first-order valence-corrected chi connectivity index (χ1v) is 9.77. The van der Waals surface area contributed by atoms with E-state index in [9.17, 15) is 9.59 Å². The monoisotopic (exact) mass is 400 g/mol. The van der Waals surface area contributed by atoms with Crippen molar-refractivity contribution in [2.75, 3.05) is 50.6 Å². The molecule has 7 heteroatoms. The minimum atomic E-state index is -0.177. The van der Waals surface area contributed by atoms with Crippen molar-refractivity contribution in [2.24, 2.45) is 0 Å². The summed E-state index contributed by atoms with van der Waals surface area (Å²) in [7, 11) is 3.56. The van der Waals surface area contributed by atoms with E-state index in [2.05, 4.69) is 5.32 Å². The molecule has 2 N–H and O–H groups in total. The van der Waals surface area contributed by atoms with Crippen LogP contribution in [0.15, 0.2) is 48.5 Å². The average Bonchev–Trinajstić information content (AvgIpc) is 2.70. The lowest BCUT2D eigenvalue weighted by atomic mass is 10.2. The van der Waals surface area contributed by atoms with Crippen LogP contribution in [0, 0.1) is 0 Å². The second kappa shape index (κ2) is 11.1. The van der Waals surface area contributed by atoms with Gasteiger partial charge in [-0.25, -0.2) is 0 Å². The largest absolute Gasteiger partial charge is 0.490 e. The predicted molar refractivity (Wildman–Crippen MR) is 114 cm³/mol. The molecule has 7 nitrogen and oxygen atoms in total. The van der Waals surface area contributed by atoms with Gasteiger partial charge >= 0.3 is 0 Å². The molecule has 0 bridgehead atoms. The van der Waals surface area contributed by atoms with E-state index in [0.29, 0.717) is 30.4 Å². The van der Waals surface area contributed by atoms with Crippen molar-refractivity contribution in [3.63, 3.8) is 0 Å². The molecule has 2 aromatic carbocycles. The summed E-state index contributed by atoms with van der Waals surface area (Å²) >= 11 is 0. The number of hydrogen-bond donors (Lipinski definition) is 2. The number of hydrogen-bond acceptors (Lipinski definition) is 4. The van der Waals surface area contributed by atoms with Gasteiger partial charge in [-0.2, -0.15) is 0 Å². The van der Waals surface area contributed by atoms with Gasteiger partial charge in [0, 0.05) is 24.5 Å². The van der Waals surface area contributed by atoms with Gasteiger partial charge in [0.1, 0.15) is 0 Å². The zero-order valence-electron chi connectivity index (χ0n) is 17.5. The average molecular weight is 400 g/mol. The third-order valence-electron chi connectivity index (χ3n) is 4.26. The van der Waals surface area contributed by atoms with Crippen molar-refractivity contribution in [3.8, 4) is 11.5 Å². The van der Waals surface area contributed by atoms with E-state index in [0.717, 1.165) is 10.6 Å². The Kier molecular flexibility index (Phi) is 8.48. The van der Waals surface area contributed by atoms with Crippen molar-refractivity contribution in [1.29, 1.82) is 0 Å². The lowest BCUT2D eigenvalue weighted by Crippen LogP contribution is -3.11. The molecule has 0 saturated carbocycles. The lowest BCUT2D eigenvalue weighted by Gasteiger charge is -2.20. The van der Waals surface area contributed by atoms with Gasteiger partial charge in [0.2, 0.25) is 0 Å². The van der Waals surface area contributed by atoms with Crippen molar-refractivity contribution in [1.82, 2.24) is 0 Å². The topological polar surface area (TPSA) is 72.3 Å². The molecule has 0 spiro atoms. The number of quaternary nitrogens is 1. The van der Waals surface area contributed by atoms with Crippen LogP contribution >= 0.6 is 0 Å². The van der Waals surface area contributed by atoms with Crippen LogP contribution in [0.3, 0.4) is 0 Å². The Balaban J connectivity index is 1.91. The standard InChI is InChI=1S/C22H29N3O4/c1-5-28-19-13-12-17(14-20(19)29-6-2)23-21(26)15-24(3)16-22(27)25(4)18-10-8-7-9-11-18/h7-14H,5-6,15-16H2,1-4H3,(H,23,26)/p+1. The second-order valence-corrected chi connectivity index (χ2v) is 6.67. The number of nitrogens with one attached hydrogen (secondary N) is 2. The zero-order valence-corrected chi connectivity index (χ0v) is 17.5. The van der Waals surface area contributed by atoms with E-state index in [1.54, 1.807) is 30.1 Å². The van der Waals surface area contributed by atoms with E-state index in [1.807, 2.05) is 51.2 Å². The molecule has 0 aromatic heterocycles. The van der Waals surface area contributed by atoms with Crippen molar-refractivity contribution >= 4 is 23.2 Å². The zero-order chi connectivity index (χ0) is 21.2. The normalized spacial score (nSPS) is 11.4. The summed E-state index contributed by atoms with van der Waals surface area (Å²) in [6.45, 7) is 5.22. The fourth-order valence-electron chi connectivity index (χ4n) is 2.84. The minimum Gasteiger partial charge on any atom is -0.490 e. The van der Waals surface area contributed by atoms with Gasteiger partial charge in [0.05, 0.1) is 20.3 Å². The third kappa shape index (κ3) is 6.80. The molecule has 2 rings (SSSR count). The van der Waals surface area contributed by atoms with Gasteiger partial charge in [-0.3, -0.25) is 9.59 Å². The predicted octanol–water partition coefficient (Wildman–Crippen LogP) is 1.60. The highest BCUT2D eigenvalue weighted by Gasteiger charge is 2.18. The molecule has 0 heterocycles. The molecule has 0 radical (unpaired) electrons. The fraction of sp³-hybridized carbons (Fsp3) is 0.364. The number of benzene rings is 2. The van der Waals surface area contributed by atoms with Crippen molar-refractivity contribution < 1.29 is 24.0 Å². The maximum Gasteiger partial charge on any atom is 0.281 e. The Bertz CT molecular complexity index is 811. The van der Waals surface area contributed by atoms with E-state index < -0.39 is 0 Å². The van der Waals surface area contributed by atoms with Crippen LogP contribution in [0.1, 0.15) is 13.8 Å². The molecule has 0 aliphatic heterocycles. The molecular formula is C22H30N3O4+. The molecule has 0 aliphatic carbocycles. The first kappa shape index (κ1) is 22.2. The van der Waals surface area contributed by atoms with Crippen LogP contribution < -0.4 is 24.6 Å². The lowest BCUT2D eigenvalue weighted by molar-refractivity contribution is -0.862. The molecule has 1 atom stereocenters. The Morgan fingerprint density at radius 1 is 0.966 bits per heavy atom. The summed E-state index contributed by atoms with van der Waals surface area (Å²) in [5.41, 5.74) is 1.45. The quantitative estimate of drug-likeness (QED) is 0.636. The highest BCUT2D eigenvalue weighted by molar-refractivity contribution is 5.94. The Labute approximate surface area is 172 Å². The van der Waals surface area contributed by atoms with E-state index in [4.69, 9.17) is 9.47 Å². The number of anilines is 2. The number of carbonyl (C=O) groups is 2. The van der Waals surface area contributed by atoms with Gasteiger partial charge in [-0.15, -0.1) is 0 Å². The van der Waals surface area contributed by atoms with Crippen LogP contribution in [0.4, 0.5) is 11.4 Å². The maximum absolute atomic E-state index is 12.5. The number of likely N-dealkylation sites (N-methyl/N-ethyl adjacent to an activating group) is 2. The summed E-state index contributed by atoms with van der Waals surface area (Å²) in [5, 5.41) is 2.85. The summed E-state index contributed by atoms with van der Waals surface area (Å²) < 4.78 is 11.1. The van der Waals surface area contributed by atoms with Crippen molar-refractivity contribution in [3.05, 3.63) is 48.5 Å². The highest BCUT2D eigenvalue weighted by Crippen LogP contribution is 2.30. The van der Waals surface area contributed by atoms with Gasteiger partial charge < -0.3 is 24.6 Å². The maximum atomic E-state index is 12.5. The molecule has 1 unspecified atom stereocenters. The summed E-state index contributed by atoms with van der Waals surface area (Å²) in [6.07, 6.45) is 0. The number of carbonyl (C=O) groups excluding carboxylic acids is 2. The van der Waals surface area contributed by atoms with E-state index in [1.165, 1.54) is 0 Å². The first-order valence-electron chi connectivity index (χ1n) is 9.77. The summed E-state index contributed by atoms with van der Waals surface area (Å²) in [6, 6.07) is 14.7. The van der Waals surface area contributed by atoms with Gasteiger partial charge in [0.15, 0.2) is 24.6 Å². The number of nitrogens with zero attached hydrogens (tertiary/aromatic N) is 1. The van der Waals surface area contributed by atoms with Crippen LogP contribution in [0.5, 0.6) is 11.5 Å².